The number of ether oxygens (including phenoxy) is 1. The third-order valence-corrected chi connectivity index (χ3v) is 3.28. The fraction of sp³-hybridized carbons (Fsp3) is 0.500. The Labute approximate surface area is 107 Å². The van der Waals surface area contributed by atoms with Crippen LogP contribution in [0, 0.1) is 0 Å². The summed E-state index contributed by atoms with van der Waals surface area (Å²) in [6.07, 6.45) is 3.06. The zero-order valence-corrected chi connectivity index (χ0v) is 10.6. The molecule has 0 spiro atoms. The molecule has 2 rings (SSSR count). The average molecular weight is 249 g/mol. The highest BCUT2D eigenvalue weighted by atomic mass is 16.5. The fourth-order valence-electron chi connectivity index (χ4n) is 2.29. The van der Waals surface area contributed by atoms with Crippen LogP contribution < -0.4 is 10.1 Å². The smallest absolute Gasteiger partial charge is 0.344 e. The molecule has 0 saturated carbocycles. The van der Waals surface area contributed by atoms with Crippen LogP contribution in [0.4, 0.5) is 0 Å². The second-order valence-electron chi connectivity index (χ2n) is 4.62. The van der Waals surface area contributed by atoms with E-state index in [2.05, 4.69) is 11.4 Å². The summed E-state index contributed by atoms with van der Waals surface area (Å²) < 4.78 is 5.56. The lowest BCUT2D eigenvalue weighted by Crippen LogP contribution is -2.30. The largest absolute Gasteiger partial charge is 0.479 e. The summed E-state index contributed by atoms with van der Waals surface area (Å²) in [5.41, 5.74) is 2.66. The first kappa shape index (κ1) is 12.9. The van der Waals surface area contributed by atoms with Crippen molar-refractivity contribution in [3.63, 3.8) is 0 Å². The molecule has 1 aromatic carbocycles. The molecule has 0 radical (unpaired) electrons. The molecule has 2 N–H and O–H groups in total. The molecule has 1 aliphatic carbocycles. The van der Waals surface area contributed by atoms with Gasteiger partial charge < -0.3 is 15.2 Å². The molecule has 1 unspecified atom stereocenters. The molecule has 0 fully saturated rings. The van der Waals surface area contributed by atoms with Gasteiger partial charge in [0, 0.05) is 6.42 Å². The van der Waals surface area contributed by atoms with E-state index in [1.807, 2.05) is 12.1 Å². The van der Waals surface area contributed by atoms with Gasteiger partial charge in [0.2, 0.25) is 0 Å². The molecule has 1 atom stereocenters. The van der Waals surface area contributed by atoms with Crippen LogP contribution in [0.25, 0.3) is 0 Å². The van der Waals surface area contributed by atoms with Crippen LogP contribution >= 0.6 is 0 Å². The lowest BCUT2D eigenvalue weighted by atomic mass is 10.1. The normalized spacial score (nSPS) is 15.2. The van der Waals surface area contributed by atoms with E-state index in [9.17, 15) is 4.79 Å². The Morgan fingerprint density at radius 1 is 1.44 bits per heavy atom. The number of benzene rings is 1. The van der Waals surface area contributed by atoms with Gasteiger partial charge in [-0.2, -0.15) is 0 Å². The van der Waals surface area contributed by atoms with Crippen molar-refractivity contribution >= 4 is 5.97 Å². The Bertz CT molecular complexity index is 431. The summed E-state index contributed by atoms with van der Waals surface area (Å²) >= 11 is 0. The number of hydrogen-bond donors (Lipinski definition) is 2. The maximum atomic E-state index is 11.1. The topological polar surface area (TPSA) is 58.6 Å². The fourth-order valence-corrected chi connectivity index (χ4v) is 2.29. The minimum absolute atomic E-state index is 0.461. The maximum Gasteiger partial charge on any atom is 0.344 e. The van der Waals surface area contributed by atoms with E-state index in [1.54, 1.807) is 7.05 Å². The molecule has 1 aliphatic rings. The molecule has 0 aromatic heterocycles. The van der Waals surface area contributed by atoms with Crippen molar-refractivity contribution in [2.75, 3.05) is 13.6 Å². The van der Waals surface area contributed by atoms with Crippen molar-refractivity contribution in [3.8, 4) is 5.75 Å². The molecule has 0 saturated heterocycles. The SMILES string of the molecule is CNCCC(Oc1ccc2c(c1)CCC2)C(=O)O. The first-order chi connectivity index (χ1) is 8.70. The predicted molar refractivity (Wildman–Crippen MR) is 69.1 cm³/mol. The molecule has 1 aromatic rings. The van der Waals surface area contributed by atoms with Crippen molar-refractivity contribution < 1.29 is 14.6 Å². The van der Waals surface area contributed by atoms with E-state index in [-0.39, 0.29) is 0 Å². The molecule has 18 heavy (non-hydrogen) atoms. The van der Waals surface area contributed by atoms with Gasteiger partial charge in [0.15, 0.2) is 6.10 Å². The molecule has 0 aliphatic heterocycles. The van der Waals surface area contributed by atoms with E-state index >= 15 is 0 Å². The molecule has 0 bridgehead atoms. The van der Waals surface area contributed by atoms with Crippen molar-refractivity contribution in [3.05, 3.63) is 29.3 Å². The number of carboxylic acid groups (broad SMARTS) is 1. The van der Waals surface area contributed by atoms with Crippen LogP contribution in [0.1, 0.15) is 24.0 Å². The maximum absolute atomic E-state index is 11.1. The van der Waals surface area contributed by atoms with Gasteiger partial charge in [-0.25, -0.2) is 4.79 Å². The number of fused-ring (bicyclic) bond motifs is 1. The highest BCUT2D eigenvalue weighted by Gasteiger charge is 2.19. The molecular weight excluding hydrogens is 230 g/mol. The summed E-state index contributed by atoms with van der Waals surface area (Å²) in [6.45, 7) is 0.627. The van der Waals surface area contributed by atoms with Gasteiger partial charge >= 0.3 is 5.97 Å². The number of nitrogens with one attached hydrogen (secondary N) is 1. The first-order valence-electron chi connectivity index (χ1n) is 6.36. The van der Waals surface area contributed by atoms with Crippen LogP contribution in [0.2, 0.25) is 0 Å². The Balaban J connectivity index is 2.04. The zero-order chi connectivity index (χ0) is 13.0. The minimum Gasteiger partial charge on any atom is -0.479 e. The minimum atomic E-state index is -0.911. The standard InChI is InChI=1S/C14H19NO3/c1-15-8-7-13(14(16)17)18-12-6-5-10-3-2-4-11(10)9-12/h5-6,9,13,15H,2-4,7-8H2,1H3,(H,16,17). The number of carboxylic acids is 1. The summed E-state index contributed by atoms with van der Waals surface area (Å²) in [6, 6.07) is 5.91. The summed E-state index contributed by atoms with van der Waals surface area (Å²) in [5.74, 6) is -0.245. The number of rotatable bonds is 6. The molecule has 4 heteroatoms. The number of hydrogen-bond acceptors (Lipinski definition) is 3. The number of aryl methyl sites for hydroxylation is 2. The molecule has 0 amide bonds. The van der Waals surface area contributed by atoms with Crippen molar-refractivity contribution in [2.45, 2.75) is 31.8 Å². The quantitative estimate of drug-likeness (QED) is 0.804. The van der Waals surface area contributed by atoms with Crippen LogP contribution in [0.15, 0.2) is 18.2 Å². The van der Waals surface area contributed by atoms with Crippen LogP contribution in [0.3, 0.4) is 0 Å². The Morgan fingerprint density at radius 3 is 2.94 bits per heavy atom. The van der Waals surface area contributed by atoms with E-state index in [0.29, 0.717) is 18.7 Å². The van der Waals surface area contributed by atoms with Gasteiger partial charge in [-0.05, 0) is 56.1 Å². The average Bonchev–Trinajstić information content (AvgIpc) is 2.81. The monoisotopic (exact) mass is 249 g/mol. The van der Waals surface area contributed by atoms with E-state index in [0.717, 1.165) is 12.8 Å². The van der Waals surface area contributed by atoms with Crippen molar-refractivity contribution in [2.24, 2.45) is 0 Å². The predicted octanol–water partition coefficient (Wildman–Crippen LogP) is 1.62. The first-order valence-corrected chi connectivity index (χ1v) is 6.36. The van der Waals surface area contributed by atoms with Crippen molar-refractivity contribution in [1.29, 1.82) is 0 Å². The van der Waals surface area contributed by atoms with E-state index in [4.69, 9.17) is 9.84 Å². The van der Waals surface area contributed by atoms with Crippen LogP contribution in [0.5, 0.6) is 5.75 Å². The van der Waals surface area contributed by atoms with Crippen molar-refractivity contribution in [1.82, 2.24) is 5.32 Å². The molecule has 98 valence electrons. The van der Waals surface area contributed by atoms with Crippen LogP contribution in [-0.4, -0.2) is 30.8 Å². The Kier molecular flexibility index (Phi) is 4.20. The van der Waals surface area contributed by atoms with Gasteiger partial charge in [0.1, 0.15) is 5.75 Å². The van der Waals surface area contributed by atoms with Gasteiger partial charge in [0.25, 0.3) is 0 Å². The lowest BCUT2D eigenvalue weighted by Gasteiger charge is -2.15. The highest BCUT2D eigenvalue weighted by molar-refractivity contribution is 5.72. The van der Waals surface area contributed by atoms with E-state index in [1.165, 1.54) is 17.5 Å². The lowest BCUT2D eigenvalue weighted by molar-refractivity contribution is -0.145. The van der Waals surface area contributed by atoms with E-state index < -0.39 is 12.1 Å². The third kappa shape index (κ3) is 3.01. The van der Waals surface area contributed by atoms with Gasteiger partial charge in [-0.3, -0.25) is 0 Å². The number of carbonyl (C=O) groups is 1. The Morgan fingerprint density at radius 2 is 2.22 bits per heavy atom. The van der Waals surface area contributed by atoms with Gasteiger partial charge in [-0.15, -0.1) is 0 Å². The third-order valence-electron chi connectivity index (χ3n) is 3.28. The van der Waals surface area contributed by atoms with Gasteiger partial charge in [0.05, 0.1) is 0 Å². The Hall–Kier alpha value is -1.55. The molecule has 4 nitrogen and oxygen atoms in total. The highest BCUT2D eigenvalue weighted by Crippen LogP contribution is 2.26. The molecule has 0 heterocycles. The zero-order valence-electron chi connectivity index (χ0n) is 10.6. The second-order valence-corrected chi connectivity index (χ2v) is 4.62. The van der Waals surface area contributed by atoms with Crippen LogP contribution in [-0.2, 0) is 17.6 Å². The molecular formula is C14H19NO3. The second kappa shape index (κ2) is 5.87. The van der Waals surface area contributed by atoms with Gasteiger partial charge in [-0.1, -0.05) is 6.07 Å². The summed E-state index contributed by atoms with van der Waals surface area (Å²) in [7, 11) is 1.80. The number of aliphatic carboxylic acids is 1. The summed E-state index contributed by atoms with van der Waals surface area (Å²) in [4.78, 5) is 11.1. The summed E-state index contributed by atoms with van der Waals surface area (Å²) in [5, 5.41) is 12.0.